The van der Waals surface area contributed by atoms with Crippen molar-refractivity contribution in [3.05, 3.63) is 96.1 Å². The van der Waals surface area contributed by atoms with Crippen LogP contribution in [-0.2, 0) is 24.5 Å². The molecular weight excluding hydrogens is 466 g/mol. The molecule has 180 valence electrons. The van der Waals surface area contributed by atoms with E-state index in [0.29, 0.717) is 17.7 Å². The van der Waals surface area contributed by atoms with Gasteiger partial charge in [-0.05, 0) is 50.1 Å². The molecule has 0 spiro atoms. The SMILES string of the molecule is CCC[C@H]([C@@H](CC(C)=O)c1ccccc1)[S@@](=O)(=NS(=O)(=O)c1ccc(C)cc1)c1ccccc1. The maximum Gasteiger partial charge on any atom is 0.290 e. The molecule has 0 saturated carbocycles. The molecule has 0 heterocycles. The predicted octanol–water partition coefficient (Wildman–Crippen LogP) is 6.14. The monoisotopic (exact) mass is 497 g/mol. The van der Waals surface area contributed by atoms with Crippen LogP contribution in [0.1, 0.15) is 50.2 Å². The van der Waals surface area contributed by atoms with Crippen LogP contribution in [0.25, 0.3) is 0 Å². The fourth-order valence-corrected chi connectivity index (χ4v) is 9.06. The third-order valence-corrected chi connectivity index (χ3v) is 10.6. The lowest BCUT2D eigenvalue weighted by Crippen LogP contribution is -2.30. The number of carbonyl (C=O) groups excluding carboxylic acids is 1. The number of rotatable bonds is 10. The third-order valence-electron chi connectivity index (χ3n) is 5.78. The van der Waals surface area contributed by atoms with Crippen molar-refractivity contribution in [3.8, 4) is 0 Å². The van der Waals surface area contributed by atoms with Crippen LogP contribution in [-0.4, -0.2) is 23.7 Å². The first-order valence-corrected chi connectivity index (χ1v) is 14.4. The molecular formula is C27H31NO4S2. The minimum absolute atomic E-state index is 0.000154. The molecule has 0 aromatic heterocycles. The van der Waals surface area contributed by atoms with Crippen LogP contribution in [0.5, 0.6) is 0 Å². The lowest BCUT2D eigenvalue weighted by atomic mass is 9.89. The summed E-state index contributed by atoms with van der Waals surface area (Å²) in [5.41, 5.74) is 1.76. The van der Waals surface area contributed by atoms with E-state index in [1.807, 2.05) is 44.2 Å². The van der Waals surface area contributed by atoms with Crippen LogP contribution in [0.3, 0.4) is 0 Å². The summed E-state index contributed by atoms with van der Waals surface area (Å²) in [5, 5.41) is -0.675. The number of carbonyl (C=O) groups is 1. The van der Waals surface area contributed by atoms with E-state index in [-0.39, 0.29) is 17.1 Å². The van der Waals surface area contributed by atoms with Gasteiger partial charge in [0.2, 0.25) is 0 Å². The Bertz CT molecular complexity index is 1330. The van der Waals surface area contributed by atoms with Crippen molar-refractivity contribution in [2.45, 2.75) is 61.0 Å². The van der Waals surface area contributed by atoms with Gasteiger partial charge in [-0.2, -0.15) is 8.42 Å². The zero-order valence-electron chi connectivity index (χ0n) is 19.8. The summed E-state index contributed by atoms with van der Waals surface area (Å²) >= 11 is 0. The zero-order chi connectivity index (χ0) is 24.8. The fraction of sp³-hybridized carbons (Fsp3) is 0.296. The maximum absolute atomic E-state index is 14.9. The second kappa shape index (κ2) is 11.1. The van der Waals surface area contributed by atoms with Crippen molar-refractivity contribution in [1.29, 1.82) is 0 Å². The Morgan fingerprint density at radius 3 is 1.91 bits per heavy atom. The molecule has 0 fully saturated rings. The highest BCUT2D eigenvalue weighted by Gasteiger charge is 2.36. The van der Waals surface area contributed by atoms with Crippen LogP contribution in [0.15, 0.2) is 98.5 Å². The second-order valence-corrected chi connectivity index (χ2v) is 12.7. The van der Waals surface area contributed by atoms with Crippen LogP contribution in [0.4, 0.5) is 0 Å². The Labute approximate surface area is 203 Å². The topological polar surface area (TPSA) is 80.6 Å². The Morgan fingerprint density at radius 1 is 0.824 bits per heavy atom. The molecule has 0 aliphatic heterocycles. The lowest BCUT2D eigenvalue weighted by molar-refractivity contribution is -0.117. The summed E-state index contributed by atoms with van der Waals surface area (Å²) in [6.07, 6.45) is 1.27. The van der Waals surface area contributed by atoms with Gasteiger partial charge in [0, 0.05) is 17.2 Å². The minimum Gasteiger partial charge on any atom is -0.300 e. The van der Waals surface area contributed by atoms with Gasteiger partial charge in [-0.15, -0.1) is 3.77 Å². The molecule has 0 saturated heterocycles. The molecule has 0 bridgehead atoms. The molecule has 7 heteroatoms. The van der Waals surface area contributed by atoms with E-state index in [4.69, 9.17) is 0 Å². The van der Waals surface area contributed by atoms with Gasteiger partial charge >= 0.3 is 0 Å². The smallest absolute Gasteiger partial charge is 0.290 e. The summed E-state index contributed by atoms with van der Waals surface area (Å²) in [4.78, 5) is 12.7. The minimum atomic E-state index is -4.23. The highest BCUT2D eigenvalue weighted by Crippen LogP contribution is 2.37. The average molecular weight is 498 g/mol. The van der Waals surface area contributed by atoms with Crippen LogP contribution in [0.2, 0.25) is 0 Å². The number of aryl methyl sites for hydroxylation is 1. The van der Waals surface area contributed by atoms with Crippen molar-refractivity contribution < 1.29 is 17.4 Å². The summed E-state index contributed by atoms with van der Waals surface area (Å²) in [6, 6.07) is 24.3. The zero-order valence-corrected chi connectivity index (χ0v) is 21.4. The molecule has 34 heavy (non-hydrogen) atoms. The number of benzene rings is 3. The van der Waals surface area contributed by atoms with Crippen molar-refractivity contribution in [2.24, 2.45) is 3.77 Å². The van der Waals surface area contributed by atoms with E-state index >= 15 is 0 Å². The number of Topliss-reactive ketones (excluding diaryl/α,β-unsaturated/α-hetero) is 1. The molecule has 0 radical (unpaired) electrons. The quantitative estimate of drug-likeness (QED) is 0.337. The number of hydrogen-bond acceptors (Lipinski definition) is 4. The van der Waals surface area contributed by atoms with Crippen molar-refractivity contribution >= 4 is 25.5 Å². The fourth-order valence-electron chi connectivity index (χ4n) is 4.13. The molecule has 3 aromatic rings. The van der Waals surface area contributed by atoms with Gasteiger partial charge in [0.25, 0.3) is 10.0 Å². The molecule has 0 N–H and O–H groups in total. The first-order valence-electron chi connectivity index (χ1n) is 11.4. The van der Waals surface area contributed by atoms with Gasteiger partial charge in [-0.25, -0.2) is 4.21 Å². The van der Waals surface area contributed by atoms with E-state index in [1.54, 1.807) is 42.5 Å². The highest BCUT2D eigenvalue weighted by atomic mass is 32.3. The van der Waals surface area contributed by atoms with Crippen LogP contribution in [0, 0.1) is 6.92 Å². The molecule has 3 rings (SSSR count). The van der Waals surface area contributed by atoms with Crippen molar-refractivity contribution in [1.82, 2.24) is 0 Å². The first kappa shape index (κ1) is 25.8. The van der Waals surface area contributed by atoms with Gasteiger partial charge in [-0.3, -0.25) is 0 Å². The Morgan fingerprint density at radius 2 is 1.38 bits per heavy atom. The van der Waals surface area contributed by atoms with E-state index in [2.05, 4.69) is 3.77 Å². The predicted molar refractivity (Wildman–Crippen MR) is 137 cm³/mol. The van der Waals surface area contributed by atoms with Gasteiger partial charge in [-0.1, -0.05) is 79.6 Å². The summed E-state index contributed by atoms with van der Waals surface area (Å²) in [7, 11) is -7.72. The Kier molecular flexibility index (Phi) is 8.44. The standard InChI is InChI=1S/C27H31NO4S2/c1-4-11-27(26(20-22(3)29)23-12-7-5-8-13-23)33(30,24-14-9-6-10-15-24)28-34(31,32)25-18-16-21(2)17-19-25/h5-10,12-19,26-27H,4,11,20H2,1-3H3/t26-,27+,33+/m0/s1. The Hall–Kier alpha value is -2.77. The lowest BCUT2D eigenvalue weighted by Gasteiger charge is -2.29. The molecule has 0 aliphatic rings. The number of ketones is 1. The van der Waals surface area contributed by atoms with Gasteiger partial charge in [0.05, 0.1) is 19.9 Å². The normalized spacial score (nSPS) is 15.1. The van der Waals surface area contributed by atoms with Gasteiger partial charge in [0.1, 0.15) is 5.78 Å². The molecule has 3 aromatic carbocycles. The molecule has 5 nitrogen and oxygen atoms in total. The first-order chi connectivity index (χ1) is 16.2. The highest BCUT2D eigenvalue weighted by molar-refractivity contribution is 8.03. The molecule has 0 amide bonds. The second-order valence-electron chi connectivity index (χ2n) is 8.49. The van der Waals surface area contributed by atoms with Crippen LogP contribution >= 0.6 is 0 Å². The van der Waals surface area contributed by atoms with Crippen LogP contribution < -0.4 is 0 Å². The van der Waals surface area contributed by atoms with E-state index in [1.165, 1.54) is 19.1 Å². The Balaban J connectivity index is 2.31. The number of sulfonamides is 1. The van der Waals surface area contributed by atoms with Crippen molar-refractivity contribution in [3.63, 3.8) is 0 Å². The molecule has 3 atom stereocenters. The average Bonchev–Trinajstić information content (AvgIpc) is 2.82. The maximum atomic E-state index is 14.9. The number of hydrogen-bond donors (Lipinski definition) is 0. The van der Waals surface area contributed by atoms with Gasteiger partial charge < -0.3 is 4.79 Å². The van der Waals surface area contributed by atoms with E-state index in [9.17, 15) is 17.4 Å². The molecule has 0 unspecified atom stereocenters. The summed E-state index contributed by atoms with van der Waals surface area (Å²) < 4.78 is 45.9. The number of nitrogens with zero attached hydrogens (tertiary/aromatic N) is 1. The summed E-state index contributed by atoms with van der Waals surface area (Å²) in [6.45, 7) is 5.33. The third kappa shape index (κ3) is 6.02. The van der Waals surface area contributed by atoms with Crippen molar-refractivity contribution in [2.75, 3.05) is 0 Å². The summed E-state index contributed by atoms with van der Waals surface area (Å²) in [5.74, 6) is -0.491. The molecule has 0 aliphatic carbocycles. The van der Waals surface area contributed by atoms with E-state index < -0.39 is 30.9 Å². The van der Waals surface area contributed by atoms with Gasteiger partial charge in [0.15, 0.2) is 0 Å². The largest absolute Gasteiger partial charge is 0.300 e. The van der Waals surface area contributed by atoms with E-state index in [0.717, 1.165) is 11.1 Å².